The van der Waals surface area contributed by atoms with Gasteiger partial charge in [-0.25, -0.2) is 0 Å². The van der Waals surface area contributed by atoms with Gasteiger partial charge in [0.15, 0.2) is 6.10 Å². The molecule has 0 aromatic carbocycles. The largest absolute Gasteiger partial charge is 0.462 e. The highest BCUT2D eigenvalue weighted by atomic mass is 16.6. The first kappa shape index (κ1) is 74.2. The van der Waals surface area contributed by atoms with E-state index < -0.39 is 6.10 Å². The molecule has 450 valence electrons. The van der Waals surface area contributed by atoms with Crippen molar-refractivity contribution in [2.24, 2.45) is 0 Å². The minimum absolute atomic E-state index is 0.0666. The summed E-state index contributed by atoms with van der Waals surface area (Å²) in [5, 5.41) is 0. The van der Waals surface area contributed by atoms with Gasteiger partial charge >= 0.3 is 17.9 Å². The Morgan fingerprint density at radius 3 is 0.658 bits per heavy atom. The lowest BCUT2D eigenvalue weighted by Crippen LogP contribution is -2.30. The molecule has 0 aliphatic rings. The van der Waals surface area contributed by atoms with E-state index in [1.54, 1.807) is 0 Å². The van der Waals surface area contributed by atoms with Crippen LogP contribution in [0.4, 0.5) is 0 Å². The molecule has 0 rings (SSSR count). The van der Waals surface area contributed by atoms with Gasteiger partial charge in [0.2, 0.25) is 0 Å². The Hall–Kier alpha value is -1.85. The van der Waals surface area contributed by atoms with Crippen LogP contribution >= 0.6 is 0 Å². The van der Waals surface area contributed by atoms with E-state index in [4.69, 9.17) is 14.2 Å². The van der Waals surface area contributed by atoms with E-state index in [1.807, 2.05) is 0 Å². The van der Waals surface area contributed by atoms with Gasteiger partial charge in [-0.2, -0.15) is 0 Å². The summed E-state index contributed by atoms with van der Waals surface area (Å²) in [6, 6.07) is 0. The molecule has 6 nitrogen and oxygen atoms in total. The highest BCUT2D eigenvalue weighted by Crippen LogP contribution is 2.19. The van der Waals surface area contributed by atoms with Crippen molar-refractivity contribution in [1.29, 1.82) is 0 Å². The normalized spacial score (nSPS) is 12.0. The first-order chi connectivity index (χ1) is 37.5. The molecule has 0 spiro atoms. The molecule has 0 aliphatic heterocycles. The molecule has 76 heavy (non-hydrogen) atoms. The number of carbonyl (C=O) groups is 3. The smallest absolute Gasteiger partial charge is 0.306 e. The van der Waals surface area contributed by atoms with Gasteiger partial charge in [0, 0.05) is 19.3 Å². The first-order valence-corrected chi connectivity index (χ1v) is 34.7. The predicted molar refractivity (Wildman–Crippen MR) is 330 cm³/mol. The fourth-order valence-corrected chi connectivity index (χ4v) is 10.8. The van der Waals surface area contributed by atoms with Crippen molar-refractivity contribution >= 4 is 17.9 Å². The topological polar surface area (TPSA) is 78.9 Å². The number of allylic oxidation sites excluding steroid dienone is 2. The highest BCUT2D eigenvalue weighted by Gasteiger charge is 2.19. The Balaban J connectivity index is 3.88. The van der Waals surface area contributed by atoms with Crippen molar-refractivity contribution in [3.8, 4) is 0 Å². The van der Waals surface area contributed by atoms with Crippen LogP contribution in [0, 0.1) is 0 Å². The van der Waals surface area contributed by atoms with E-state index in [9.17, 15) is 14.4 Å². The molecule has 0 heterocycles. The van der Waals surface area contributed by atoms with Crippen LogP contribution in [0.3, 0.4) is 0 Å². The maximum absolute atomic E-state index is 12.8. The Morgan fingerprint density at radius 2 is 0.434 bits per heavy atom. The van der Waals surface area contributed by atoms with Crippen LogP contribution in [0.5, 0.6) is 0 Å². The zero-order chi connectivity index (χ0) is 55.0. The molecule has 0 bridgehead atoms. The molecule has 0 aromatic rings. The van der Waals surface area contributed by atoms with Gasteiger partial charge in [-0.05, 0) is 44.9 Å². The number of ether oxygens (including phenoxy) is 3. The van der Waals surface area contributed by atoms with Gasteiger partial charge < -0.3 is 14.2 Å². The molecule has 0 aromatic heterocycles. The van der Waals surface area contributed by atoms with Crippen molar-refractivity contribution in [3.05, 3.63) is 12.2 Å². The summed E-state index contributed by atoms with van der Waals surface area (Å²) >= 11 is 0. The van der Waals surface area contributed by atoms with E-state index in [-0.39, 0.29) is 31.1 Å². The zero-order valence-electron chi connectivity index (χ0n) is 51.8. The Kier molecular flexibility index (Phi) is 64.1. The standard InChI is InChI=1S/C70H134O6/c1-4-7-10-13-16-18-20-22-24-26-28-29-30-31-32-33-34-35-36-37-38-39-40-41-42-43-45-46-48-50-52-54-57-60-63-69(72)75-66-67(65-74-68(71)62-59-56-15-12-9-6-3)76-70(73)64-61-58-55-53-51-49-47-44-27-25-23-21-19-17-14-11-8-5-2/h25,27,67H,4-24,26,28-66H2,1-3H3/b27-25-. The van der Waals surface area contributed by atoms with E-state index in [0.29, 0.717) is 19.3 Å². The maximum Gasteiger partial charge on any atom is 0.306 e. The van der Waals surface area contributed by atoms with Gasteiger partial charge in [-0.3, -0.25) is 14.4 Å². The molecule has 1 atom stereocenters. The third-order valence-corrected chi connectivity index (χ3v) is 16.0. The number of rotatable bonds is 65. The monoisotopic (exact) mass is 1070 g/mol. The van der Waals surface area contributed by atoms with Gasteiger partial charge in [-0.15, -0.1) is 0 Å². The predicted octanol–water partition coefficient (Wildman–Crippen LogP) is 23.6. The summed E-state index contributed by atoms with van der Waals surface area (Å²) in [5.74, 6) is -0.855. The van der Waals surface area contributed by atoms with Gasteiger partial charge in [0.1, 0.15) is 13.2 Å². The SMILES string of the molecule is CCCCCCCCC/C=C\CCCCCCCCCC(=O)OC(COC(=O)CCCCCCCC)COC(=O)CCCCCCCCCCCCCCCCCCCCCCCCCCCCCCCCCCCC. The molecule has 1 unspecified atom stereocenters. The third-order valence-electron chi connectivity index (χ3n) is 16.0. The van der Waals surface area contributed by atoms with Gasteiger partial charge in [-0.1, -0.05) is 348 Å². The average Bonchev–Trinajstić information content (AvgIpc) is 3.42. The minimum atomic E-state index is -0.766. The average molecular weight is 1070 g/mol. The molecule has 6 heteroatoms. The van der Waals surface area contributed by atoms with Crippen LogP contribution in [0.15, 0.2) is 12.2 Å². The molecule has 0 saturated heterocycles. The van der Waals surface area contributed by atoms with E-state index in [0.717, 1.165) is 57.8 Å². The summed E-state index contributed by atoms with van der Waals surface area (Å²) < 4.78 is 16.8. The molecule has 0 fully saturated rings. The fourth-order valence-electron chi connectivity index (χ4n) is 10.8. The lowest BCUT2D eigenvalue weighted by molar-refractivity contribution is -0.167. The van der Waals surface area contributed by atoms with Crippen LogP contribution in [0.25, 0.3) is 0 Å². The molecule has 0 N–H and O–H groups in total. The molecule has 0 saturated carbocycles. The summed E-state index contributed by atoms with van der Waals surface area (Å²) in [6.45, 7) is 6.65. The molecule has 0 radical (unpaired) electrons. The third kappa shape index (κ3) is 63.0. The zero-order valence-corrected chi connectivity index (χ0v) is 51.8. The van der Waals surface area contributed by atoms with Crippen molar-refractivity contribution in [1.82, 2.24) is 0 Å². The lowest BCUT2D eigenvalue weighted by atomic mass is 10.0. The fraction of sp³-hybridized carbons (Fsp3) is 0.929. The number of hydrogen-bond donors (Lipinski definition) is 0. The summed E-state index contributed by atoms with van der Waals surface area (Å²) in [7, 11) is 0. The second-order valence-electron chi connectivity index (χ2n) is 23.8. The summed E-state index contributed by atoms with van der Waals surface area (Å²) in [6.07, 6.45) is 78.7. The van der Waals surface area contributed by atoms with E-state index >= 15 is 0 Å². The van der Waals surface area contributed by atoms with Crippen molar-refractivity contribution in [3.63, 3.8) is 0 Å². The number of hydrogen-bond acceptors (Lipinski definition) is 6. The number of carbonyl (C=O) groups excluding carboxylic acids is 3. The Labute approximate surface area is 475 Å². The molecular formula is C70H134O6. The van der Waals surface area contributed by atoms with Gasteiger partial charge in [0.25, 0.3) is 0 Å². The maximum atomic E-state index is 12.8. The second-order valence-corrected chi connectivity index (χ2v) is 23.8. The quantitative estimate of drug-likeness (QED) is 0.0261. The lowest BCUT2D eigenvalue weighted by Gasteiger charge is -2.18. The minimum Gasteiger partial charge on any atom is -0.462 e. The molecule has 0 amide bonds. The Morgan fingerprint density at radius 1 is 0.250 bits per heavy atom. The van der Waals surface area contributed by atoms with Crippen LogP contribution < -0.4 is 0 Å². The van der Waals surface area contributed by atoms with Crippen molar-refractivity contribution < 1.29 is 28.6 Å². The number of esters is 3. The summed E-state index contributed by atoms with van der Waals surface area (Å²) in [5.41, 5.74) is 0. The van der Waals surface area contributed by atoms with Crippen molar-refractivity contribution in [2.75, 3.05) is 13.2 Å². The molecular weight excluding hydrogens is 937 g/mol. The second kappa shape index (κ2) is 65.7. The van der Waals surface area contributed by atoms with E-state index in [2.05, 4.69) is 32.9 Å². The van der Waals surface area contributed by atoms with Crippen LogP contribution in [0.1, 0.15) is 400 Å². The van der Waals surface area contributed by atoms with Crippen LogP contribution in [-0.2, 0) is 28.6 Å². The highest BCUT2D eigenvalue weighted by molar-refractivity contribution is 5.71. The van der Waals surface area contributed by atoms with Crippen LogP contribution in [0.2, 0.25) is 0 Å². The van der Waals surface area contributed by atoms with Gasteiger partial charge in [0.05, 0.1) is 0 Å². The van der Waals surface area contributed by atoms with Crippen LogP contribution in [-0.4, -0.2) is 37.2 Å². The van der Waals surface area contributed by atoms with E-state index in [1.165, 1.54) is 302 Å². The Bertz CT molecular complexity index is 1180. The number of unbranched alkanes of at least 4 members (excludes halogenated alkanes) is 52. The summed E-state index contributed by atoms with van der Waals surface area (Å²) in [4.78, 5) is 38.0. The molecule has 0 aliphatic carbocycles. The first-order valence-electron chi connectivity index (χ1n) is 34.7. The van der Waals surface area contributed by atoms with Crippen molar-refractivity contribution in [2.45, 2.75) is 406 Å².